The number of nitrogens with zero attached hydrogens (tertiary/aromatic N) is 1. The van der Waals surface area contributed by atoms with Crippen LogP contribution in [0.3, 0.4) is 0 Å². The Bertz CT molecular complexity index is 563. The van der Waals surface area contributed by atoms with Gasteiger partial charge in [0.2, 0.25) is 5.88 Å². The number of pyridine rings is 1. The highest BCUT2D eigenvalue weighted by Crippen LogP contribution is 2.09. The normalized spacial score (nSPS) is 10.2. The molecule has 0 aliphatic carbocycles. The van der Waals surface area contributed by atoms with Gasteiger partial charge in [-0.2, -0.15) is 0 Å². The number of aryl methyl sites for hydroxylation is 1. The minimum Gasteiger partial charge on any atom is -0.481 e. The molecule has 0 spiro atoms. The molecule has 2 aromatic heterocycles. The quantitative estimate of drug-likeness (QED) is 0.858. The number of ether oxygens (including phenoxy) is 1. The molecule has 2 N–H and O–H groups in total. The molecular weight excluding hydrogens is 242 g/mol. The van der Waals surface area contributed by atoms with Gasteiger partial charge in [-0.15, -0.1) is 0 Å². The number of nitrogens with one attached hydrogen (secondary N) is 2. The summed E-state index contributed by atoms with van der Waals surface area (Å²) in [5, 5.41) is 2.89. The third-order valence-corrected chi connectivity index (χ3v) is 2.90. The van der Waals surface area contributed by atoms with Crippen molar-refractivity contribution in [2.75, 3.05) is 13.7 Å². The van der Waals surface area contributed by atoms with Gasteiger partial charge in [0.05, 0.1) is 12.7 Å². The van der Waals surface area contributed by atoms with Crippen molar-refractivity contribution >= 4 is 5.91 Å². The maximum Gasteiger partial charge on any atom is 0.253 e. The Hall–Kier alpha value is -2.30. The van der Waals surface area contributed by atoms with Crippen molar-refractivity contribution in [1.29, 1.82) is 0 Å². The van der Waals surface area contributed by atoms with Crippen molar-refractivity contribution in [3.8, 4) is 5.88 Å². The first-order valence-electron chi connectivity index (χ1n) is 6.11. The van der Waals surface area contributed by atoms with Gasteiger partial charge in [0.25, 0.3) is 5.91 Å². The fraction of sp³-hybridized carbons (Fsp3) is 0.286. The van der Waals surface area contributed by atoms with Gasteiger partial charge in [-0.1, -0.05) is 0 Å². The molecule has 2 rings (SSSR count). The second-order valence-corrected chi connectivity index (χ2v) is 4.26. The Morgan fingerprint density at radius 3 is 3.00 bits per heavy atom. The van der Waals surface area contributed by atoms with Gasteiger partial charge in [-0.05, 0) is 30.5 Å². The van der Waals surface area contributed by atoms with E-state index in [-0.39, 0.29) is 5.91 Å². The number of aromatic amines is 1. The summed E-state index contributed by atoms with van der Waals surface area (Å²) < 4.78 is 5.05. The minimum atomic E-state index is -0.0558. The predicted octanol–water partition coefficient (Wildman–Crippen LogP) is 1.70. The zero-order valence-electron chi connectivity index (χ0n) is 11.1. The topological polar surface area (TPSA) is 67.0 Å². The first-order valence-corrected chi connectivity index (χ1v) is 6.11. The number of methoxy groups -OCH3 is 1. The summed E-state index contributed by atoms with van der Waals surface area (Å²) >= 11 is 0. The summed E-state index contributed by atoms with van der Waals surface area (Å²) in [7, 11) is 1.59. The lowest BCUT2D eigenvalue weighted by atomic mass is 10.2. The molecule has 19 heavy (non-hydrogen) atoms. The number of rotatable bonds is 5. The molecule has 0 saturated heterocycles. The van der Waals surface area contributed by atoms with Crippen molar-refractivity contribution < 1.29 is 9.53 Å². The zero-order valence-corrected chi connectivity index (χ0v) is 11.1. The summed E-state index contributed by atoms with van der Waals surface area (Å²) in [6.07, 6.45) is 5.96. The Kier molecular flexibility index (Phi) is 4.18. The van der Waals surface area contributed by atoms with Crippen LogP contribution in [0.5, 0.6) is 5.88 Å². The fourth-order valence-electron chi connectivity index (χ4n) is 1.82. The second kappa shape index (κ2) is 6.04. The number of aromatic nitrogens is 2. The van der Waals surface area contributed by atoms with E-state index >= 15 is 0 Å². The molecule has 0 aromatic carbocycles. The number of H-pyrrole nitrogens is 1. The Morgan fingerprint density at radius 1 is 1.47 bits per heavy atom. The summed E-state index contributed by atoms with van der Waals surface area (Å²) in [5.41, 5.74) is 2.72. The van der Waals surface area contributed by atoms with Crippen LogP contribution in [0.1, 0.15) is 21.5 Å². The maximum atomic E-state index is 11.9. The molecule has 2 aromatic rings. The SMILES string of the molecule is COc1cc(CCNC(=O)c2c[nH]cc2C)ccn1. The molecule has 0 fully saturated rings. The zero-order chi connectivity index (χ0) is 13.7. The van der Waals surface area contributed by atoms with Gasteiger partial charge < -0.3 is 15.0 Å². The highest BCUT2D eigenvalue weighted by molar-refractivity contribution is 5.95. The molecule has 0 aliphatic heterocycles. The Morgan fingerprint density at radius 2 is 2.32 bits per heavy atom. The summed E-state index contributed by atoms with van der Waals surface area (Å²) in [6.45, 7) is 2.48. The lowest BCUT2D eigenvalue weighted by Crippen LogP contribution is -2.25. The molecule has 0 radical (unpaired) electrons. The van der Waals surface area contributed by atoms with Gasteiger partial charge in [-0.3, -0.25) is 4.79 Å². The Labute approximate surface area is 112 Å². The van der Waals surface area contributed by atoms with E-state index in [0.29, 0.717) is 18.0 Å². The molecule has 0 saturated carbocycles. The van der Waals surface area contributed by atoms with Crippen LogP contribution in [0.4, 0.5) is 0 Å². The average Bonchev–Trinajstić information content (AvgIpc) is 2.85. The largest absolute Gasteiger partial charge is 0.481 e. The van der Waals surface area contributed by atoms with Crippen LogP contribution in [0, 0.1) is 6.92 Å². The standard InChI is InChI=1S/C14H17N3O2/c1-10-8-15-9-12(10)14(18)17-6-4-11-3-5-16-13(7-11)19-2/h3,5,7-9,15H,4,6H2,1-2H3,(H,17,18). The van der Waals surface area contributed by atoms with E-state index < -0.39 is 0 Å². The molecule has 0 bridgehead atoms. The fourth-order valence-corrected chi connectivity index (χ4v) is 1.82. The van der Waals surface area contributed by atoms with Gasteiger partial charge >= 0.3 is 0 Å². The number of hydrogen-bond acceptors (Lipinski definition) is 3. The summed E-state index contributed by atoms with van der Waals surface area (Å²) in [6, 6.07) is 3.78. The minimum absolute atomic E-state index is 0.0558. The third kappa shape index (κ3) is 3.34. The van der Waals surface area contributed by atoms with Gasteiger partial charge in [0.15, 0.2) is 0 Å². The first kappa shape index (κ1) is 13.1. The molecule has 0 aliphatic rings. The van der Waals surface area contributed by atoms with Gasteiger partial charge in [-0.25, -0.2) is 4.98 Å². The van der Waals surface area contributed by atoms with E-state index in [9.17, 15) is 4.79 Å². The summed E-state index contributed by atoms with van der Waals surface area (Å²) in [4.78, 5) is 18.8. The maximum absolute atomic E-state index is 11.9. The molecule has 1 amide bonds. The van der Waals surface area contributed by atoms with Crippen LogP contribution in [-0.4, -0.2) is 29.5 Å². The number of carbonyl (C=O) groups excluding carboxylic acids is 1. The van der Waals surface area contributed by atoms with E-state index in [1.807, 2.05) is 25.3 Å². The van der Waals surface area contributed by atoms with Gasteiger partial charge in [0, 0.05) is 31.2 Å². The third-order valence-electron chi connectivity index (χ3n) is 2.90. The van der Waals surface area contributed by atoms with Crippen LogP contribution in [0.2, 0.25) is 0 Å². The van der Waals surface area contributed by atoms with Crippen LogP contribution in [0.15, 0.2) is 30.7 Å². The van der Waals surface area contributed by atoms with Crippen molar-refractivity contribution in [2.45, 2.75) is 13.3 Å². The molecule has 0 atom stereocenters. The molecule has 5 heteroatoms. The molecular formula is C14H17N3O2. The van der Waals surface area contributed by atoms with Crippen molar-refractivity contribution in [3.05, 3.63) is 47.4 Å². The van der Waals surface area contributed by atoms with E-state index in [1.54, 1.807) is 19.5 Å². The highest BCUT2D eigenvalue weighted by Gasteiger charge is 2.08. The van der Waals surface area contributed by atoms with Crippen molar-refractivity contribution in [1.82, 2.24) is 15.3 Å². The smallest absolute Gasteiger partial charge is 0.253 e. The predicted molar refractivity (Wildman–Crippen MR) is 72.4 cm³/mol. The Balaban J connectivity index is 1.86. The highest BCUT2D eigenvalue weighted by atomic mass is 16.5. The van der Waals surface area contributed by atoms with Crippen LogP contribution in [-0.2, 0) is 6.42 Å². The molecule has 2 heterocycles. The lowest BCUT2D eigenvalue weighted by Gasteiger charge is -2.06. The second-order valence-electron chi connectivity index (χ2n) is 4.26. The van der Waals surface area contributed by atoms with E-state index in [0.717, 1.165) is 17.5 Å². The van der Waals surface area contributed by atoms with Crippen molar-refractivity contribution in [2.24, 2.45) is 0 Å². The van der Waals surface area contributed by atoms with Crippen LogP contribution in [0.25, 0.3) is 0 Å². The van der Waals surface area contributed by atoms with E-state index in [2.05, 4.69) is 15.3 Å². The van der Waals surface area contributed by atoms with Crippen LogP contribution >= 0.6 is 0 Å². The molecule has 100 valence electrons. The van der Waals surface area contributed by atoms with E-state index in [1.165, 1.54) is 0 Å². The van der Waals surface area contributed by atoms with Gasteiger partial charge in [0.1, 0.15) is 0 Å². The van der Waals surface area contributed by atoms with Crippen molar-refractivity contribution in [3.63, 3.8) is 0 Å². The average molecular weight is 259 g/mol. The van der Waals surface area contributed by atoms with Crippen LogP contribution < -0.4 is 10.1 Å². The molecule has 5 nitrogen and oxygen atoms in total. The number of hydrogen-bond donors (Lipinski definition) is 2. The summed E-state index contributed by atoms with van der Waals surface area (Å²) in [5.74, 6) is 0.532. The number of carbonyl (C=O) groups is 1. The van der Waals surface area contributed by atoms with E-state index in [4.69, 9.17) is 4.74 Å². The number of amides is 1. The molecule has 0 unspecified atom stereocenters. The monoisotopic (exact) mass is 259 g/mol. The lowest BCUT2D eigenvalue weighted by molar-refractivity contribution is 0.0954. The first-order chi connectivity index (χ1) is 9.20.